The van der Waals surface area contributed by atoms with Gasteiger partial charge in [0.2, 0.25) is 0 Å². The van der Waals surface area contributed by atoms with E-state index in [2.05, 4.69) is 5.10 Å². The van der Waals surface area contributed by atoms with Gasteiger partial charge in [0.25, 0.3) is 5.91 Å². The highest BCUT2D eigenvalue weighted by atomic mass is 35.5. The second-order valence-electron chi connectivity index (χ2n) is 5.62. The molecule has 1 atom stereocenters. The summed E-state index contributed by atoms with van der Waals surface area (Å²) < 4.78 is 7.04. The van der Waals surface area contributed by atoms with Crippen molar-refractivity contribution in [2.24, 2.45) is 5.73 Å². The van der Waals surface area contributed by atoms with E-state index in [9.17, 15) is 4.79 Å². The van der Waals surface area contributed by atoms with E-state index >= 15 is 0 Å². The Kier molecular flexibility index (Phi) is 5.28. The fraction of sp³-hybridized carbons (Fsp3) is 0.375. The summed E-state index contributed by atoms with van der Waals surface area (Å²) >= 11 is 0. The molecule has 0 aliphatic carbocycles. The number of methoxy groups -OCH3 is 1. The number of likely N-dealkylation sites (tertiary alicyclic amines) is 1. The molecule has 2 heterocycles. The van der Waals surface area contributed by atoms with Gasteiger partial charge in [0.1, 0.15) is 11.4 Å². The lowest BCUT2D eigenvalue weighted by Gasteiger charge is -2.14. The lowest BCUT2D eigenvalue weighted by atomic mass is 10.2. The molecule has 1 aromatic carbocycles. The monoisotopic (exact) mass is 336 g/mol. The molecule has 0 radical (unpaired) electrons. The molecule has 1 aliphatic rings. The molecule has 1 fully saturated rings. The molecule has 3 rings (SSSR count). The third kappa shape index (κ3) is 3.48. The van der Waals surface area contributed by atoms with Crippen molar-refractivity contribution in [1.29, 1.82) is 0 Å². The highest BCUT2D eigenvalue weighted by Crippen LogP contribution is 2.23. The Labute approximate surface area is 141 Å². The molecular formula is C16H21ClN4O2. The smallest absolute Gasteiger partial charge is 0.274 e. The molecule has 1 aliphatic heterocycles. The number of hydrogen-bond acceptors (Lipinski definition) is 4. The maximum atomic E-state index is 12.4. The average Bonchev–Trinajstić information content (AvgIpc) is 3.15. The van der Waals surface area contributed by atoms with Crippen molar-refractivity contribution in [2.45, 2.75) is 19.4 Å². The van der Waals surface area contributed by atoms with Crippen LogP contribution in [0, 0.1) is 6.92 Å². The van der Waals surface area contributed by atoms with E-state index in [1.807, 2.05) is 25.1 Å². The van der Waals surface area contributed by atoms with Crippen LogP contribution >= 0.6 is 12.4 Å². The van der Waals surface area contributed by atoms with Crippen molar-refractivity contribution >= 4 is 18.3 Å². The number of benzene rings is 1. The van der Waals surface area contributed by atoms with Crippen LogP contribution in [0.15, 0.2) is 30.5 Å². The second-order valence-corrected chi connectivity index (χ2v) is 5.62. The minimum absolute atomic E-state index is 0. The summed E-state index contributed by atoms with van der Waals surface area (Å²) in [7, 11) is 1.62. The number of hydrogen-bond donors (Lipinski definition) is 1. The normalized spacial score (nSPS) is 17.0. The Morgan fingerprint density at radius 1 is 1.39 bits per heavy atom. The van der Waals surface area contributed by atoms with E-state index < -0.39 is 0 Å². The first-order chi connectivity index (χ1) is 10.6. The topological polar surface area (TPSA) is 73.4 Å². The van der Waals surface area contributed by atoms with E-state index in [0.29, 0.717) is 18.8 Å². The molecule has 0 spiro atoms. The Hall–Kier alpha value is -2.05. The predicted octanol–water partition coefficient (Wildman–Crippen LogP) is 1.78. The van der Waals surface area contributed by atoms with Crippen LogP contribution < -0.4 is 10.5 Å². The van der Waals surface area contributed by atoms with Gasteiger partial charge in [0.05, 0.1) is 7.11 Å². The molecule has 0 bridgehead atoms. The van der Waals surface area contributed by atoms with E-state index in [1.165, 1.54) is 0 Å². The first kappa shape index (κ1) is 17.3. The molecule has 7 heteroatoms. The summed E-state index contributed by atoms with van der Waals surface area (Å²) in [5, 5.41) is 4.40. The summed E-state index contributed by atoms with van der Waals surface area (Å²) in [6.07, 6.45) is 2.62. The summed E-state index contributed by atoms with van der Waals surface area (Å²) in [6.45, 7) is 3.30. The fourth-order valence-electron chi connectivity index (χ4n) is 2.68. The highest BCUT2D eigenvalue weighted by molar-refractivity contribution is 5.92. The van der Waals surface area contributed by atoms with Crippen molar-refractivity contribution in [3.63, 3.8) is 0 Å². The number of carbonyl (C=O) groups is 1. The molecular weight excluding hydrogens is 316 g/mol. The van der Waals surface area contributed by atoms with Gasteiger partial charge in [0, 0.05) is 25.3 Å². The van der Waals surface area contributed by atoms with Crippen LogP contribution in [0.1, 0.15) is 22.5 Å². The zero-order chi connectivity index (χ0) is 15.7. The second kappa shape index (κ2) is 7.02. The van der Waals surface area contributed by atoms with E-state index in [-0.39, 0.29) is 24.4 Å². The average molecular weight is 337 g/mol. The third-order valence-electron chi connectivity index (χ3n) is 3.90. The van der Waals surface area contributed by atoms with Gasteiger partial charge in [-0.15, -0.1) is 12.4 Å². The zero-order valence-electron chi connectivity index (χ0n) is 13.2. The van der Waals surface area contributed by atoms with Crippen molar-refractivity contribution in [1.82, 2.24) is 14.7 Å². The summed E-state index contributed by atoms with van der Waals surface area (Å²) in [6, 6.07) is 7.65. The minimum Gasteiger partial charge on any atom is -0.494 e. The first-order valence-corrected chi connectivity index (χ1v) is 7.34. The van der Waals surface area contributed by atoms with Crippen molar-refractivity contribution in [2.75, 3.05) is 20.2 Å². The number of nitrogens with zero attached hydrogens (tertiary/aromatic N) is 3. The first-order valence-electron chi connectivity index (χ1n) is 7.34. The van der Waals surface area contributed by atoms with E-state index in [1.54, 1.807) is 29.0 Å². The molecule has 1 saturated heterocycles. The van der Waals surface area contributed by atoms with Gasteiger partial charge in [-0.1, -0.05) is 6.07 Å². The lowest BCUT2D eigenvalue weighted by Crippen LogP contribution is -2.32. The standard InChI is InChI=1S/C16H20N4O2.ClH/c1-11-3-4-15(22-2)14(9-11)20-8-6-13(18-20)16(21)19-7-5-12(17)10-19;/h3-4,6,8-9,12H,5,7,10,17H2,1-2H3;1H/t12-;/m1./s1. The SMILES string of the molecule is COc1ccc(C)cc1-n1ccc(C(=O)N2CC[C@@H](N)C2)n1.Cl. The van der Waals surface area contributed by atoms with Gasteiger partial charge in [0.15, 0.2) is 5.69 Å². The Morgan fingerprint density at radius 3 is 2.83 bits per heavy atom. The number of ether oxygens (including phenoxy) is 1. The van der Waals surface area contributed by atoms with Crippen LogP contribution in [0.3, 0.4) is 0 Å². The van der Waals surface area contributed by atoms with Crippen molar-refractivity contribution < 1.29 is 9.53 Å². The van der Waals surface area contributed by atoms with Crippen LogP contribution in [0.4, 0.5) is 0 Å². The number of carbonyl (C=O) groups excluding carboxylic acids is 1. The predicted molar refractivity (Wildman–Crippen MR) is 90.6 cm³/mol. The molecule has 1 aromatic heterocycles. The molecule has 0 saturated carbocycles. The maximum Gasteiger partial charge on any atom is 0.274 e. The van der Waals surface area contributed by atoms with Crippen LogP contribution in [-0.4, -0.2) is 46.8 Å². The summed E-state index contributed by atoms with van der Waals surface area (Å²) in [4.78, 5) is 14.2. The summed E-state index contributed by atoms with van der Waals surface area (Å²) in [5.74, 6) is 0.647. The maximum absolute atomic E-state index is 12.4. The molecule has 23 heavy (non-hydrogen) atoms. The molecule has 1 amide bonds. The van der Waals surface area contributed by atoms with Gasteiger partial charge in [-0.3, -0.25) is 4.79 Å². The molecule has 6 nitrogen and oxygen atoms in total. The number of amides is 1. The molecule has 0 unspecified atom stereocenters. The van der Waals surface area contributed by atoms with Gasteiger partial charge in [-0.2, -0.15) is 5.10 Å². The number of aryl methyl sites for hydroxylation is 1. The Balaban J connectivity index is 0.00000192. The van der Waals surface area contributed by atoms with Gasteiger partial charge < -0.3 is 15.4 Å². The van der Waals surface area contributed by atoms with Crippen LogP contribution in [0.5, 0.6) is 5.75 Å². The quantitative estimate of drug-likeness (QED) is 0.927. The number of nitrogens with two attached hydrogens (primary N) is 1. The third-order valence-corrected chi connectivity index (χ3v) is 3.90. The van der Waals surface area contributed by atoms with Crippen LogP contribution in [0.25, 0.3) is 5.69 Å². The fourth-order valence-corrected chi connectivity index (χ4v) is 2.68. The van der Waals surface area contributed by atoms with Crippen molar-refractivity contribution in [3.8, 4) is 11.4 Å². The Bertz CT molecular complexity index is 701. The highest BCUT2D eigenvalue weighted by Gasteiger charge is 2.26. The van der Waals surface area contributed by atoms with Gasteiger partial charge in [-0.05, 0) is 37.1 Å². The number of halogens is 1. The molecule has 124 valence electrons. The largest absolute Gasteiger partial charge is 0.494 e. The number of aromatic nitrogens is 2. The molecule has 2 N–H and O–H groups in total. The minimum atomic E-state index is -0.0710. The van der Waals surface area contributed by atoms with E-state index in [4.69, 9.17) is 10.5 Å². The van der Waals surface area contributed by atoms with Gasteiger partial charge >= 0.3 is 0 Å². The van der Waals surface area contributed by atoms with Gasteiger partial charge in [-0.25, -0.2) is 4.68 Å². The van der Waals surface area contributed by atoms with Crippen molar-refractivity contribution in [3.05, 3.63) is 41.7 Å². The Morgan fingerprint density at radius 2 is 2.17 bits per heavy atom. The molecule has 2 aromatic rings. The summed E-state index contributed by atoms with van der Waals surface area (Å²) in [5.41, 5.74) is 8.20. The van der Waals surface area contributed by atoms with Crippen LogP contribution in [-0.2, 0) is 0 Å². The van der Waals surface area contributed by atoms with E-state index in [0.717, 1.165) is 23.4 Å². The number of rotatable bonds is 3. The zero-order valence-corrected chi connectivity index (χ0v) is 14.0. The lowest BCUT2D eigenvalue weighted by molar-refractivity contribution is 0.0784. The van der Waals surface area contributed by atoms with Crippen LogP contribution in [0.2, 0.25) is 0 Å².